The number of nitrogens with one attached hydrogen (secondary N) is 1. The van der Waals surface area contributed by atoms with Crippen molar-refractivity contribution in [1.82, 2.24) is 10.2 Å². The van der Waals surface area contributed by atoms with E-state index in [1.54, 1.807) is 23.1 Å². The van der Waals surface area contributed by atoms with Gasteiger partial charge in [0.2, 0.25) is 5.91 Å². The normalized spacial score (nSPS) is 12.5. The number of carbonyl (C=O) groups is 2. The summed E-state index contributed by atoms with van der Waals surface area (Å²) >= 11 is 12.6. The number of amides is 2. The fraction of sp³-hybridized carbons (Fsp3) is 0.333. The third-order valence-corrected chi connectivity index (χ3v) is 6.91. The molecular formula is C30H34Cl2N2O3. The van der Waals surface area contributed by atoms with E-state index in [0.29, 0.717) is 27.8 Å². The maximum Gasteiger partial charge on any atom is 0.261 e. The number of nitrogens with zero attached hydrogens (tertiary/aromatic N) is 1. The van der Waals surface area contributed by atoms with E-state index in [-0.39, 0.29) is 31.0 Å². The summed E-state index contributed by atoms with van der Waals surface area (Å²) in [4.78, 5) is 28.8. The van der Waals surface area contributed by atoms with Gasteiger partial charge >= 0.3 is 0 Å². The fourth-order valence-corrected chi connectivity index (χ4v) is 4.35. The highest BCUT2D eigenvalue weighted by molar-refractivity contribution is 6.35. The number of carbonyl (C=O) groups excluding carboxylic acids is 2. The minimum Gasteiger partial charge on any atom is -0.484 e. The van der Waals surface area contributed by atoms with Crippen molar-refractivity contribution >= 4 is 35.0 Å². The maximum absolute atomic E-state index is 13.7. The fourth-order valence-electron chi connectivity index (χ4n) is 3.88. The van der Waals surface area contributed by atoms with E-state index in [2.05, 4.69) is 12.2 Å². The molecule has 0 bridgehead atoms. The molecule has 0 saturated heterocycles. The molecule has 0 spiro atoms. The molecule has 0 unspecified atom stereocenters. The Morgan fingerprint density at radius 1 is 0.946 bits per heavy atom. The van der Waals surface area contributed by atoms with Gasteiger partial charge in [-0.3, -0.25) is 9.59 Å². The molecule has 2 atom stereocenters. The Morgan fingerprint density at radius 2 is 1.65 bits per heavy atom. The molecule has 0 aliphatic heterocycles. The van der Waals surface area contributed by atoms with Gasteiger partial charge in [0, 0.05) is 29.1 Å². The first kappa shape index (κ1) is 28.5. The Balaban J connectivity index is 1.92. The van der Waals surface area contributed by atoms with E-state index in [9.17, 15) is 9.59 Å². The van der Waals surface area contributed by atoms with Gasteiger partial charge in [-0.15, -0.1) is 0 Å². The lowest BCUT2D eigenvalue weighted by Crippen LogP contribution is -2.53. The van der Waals surface area contributed by atoms with Crippen molar-refractivity contribution in [1.29, 1.82) is 0 Å². The zero-order chi connectivity index (χ0) is 26.8. The van der Waals surface area contributed by atoms with Crippen molar-refractivity contribution in [2.45, 2.75) is 58.7 Å². The Bertz CT molecular complexity index is 1170. The van der Waals surface area contributed by atoms with Gasteiger partial charge in [-0.25, -0.2) is 0 Å². The lowest BCUT2D eigenvalue weighted by Gasteiger charge is -2.32. The average Bonchev–Trinajstić information content (AvgIpc) is 2.91. The number of ether oxygens (including phenoxy) is 1. The van der Waals surface area contributed by atoms with Crippen LogP contribution in [-0.2, 0) is 29.0 Å². The summed E-state index contributed by atoms with van der Waals surface area (Å²) in [6.45, 7) is 5.96. The summed E-state index contributed by atoms with van der Waals surface area (Å²) < 4.78 is 5.84. The lowest BCUT2D eigenvalue weighted by molar-refractivity contribution is -0.143. The molecule has 3 aromatic rings. The molecule has 37 heavy (non-hydrogen) atoms. The number of rotatable bonds is 12. The van der Waals surface area contributed by atoms with Gasteiger partial charge in [0.1, 0.15) is 11.8 Å². The van der Waals surface area contributed by atoms with Gasteiger partial charge in [0.05, 0.1) is 0 Å². The summed E-state index contributed by atoms with van der Waals surface area (Å²) in [5, 5.41) is 3.99. The Labute approximate surface area is 229 Å². The monoisotopic (exact) mass is 540 g/mol. The zero-order valence-electron chi connectivity index (χ0n) is 21.5. The van der Waals surface area contributed by atoms with Crippen LogP contribution in [0.2, 0.25) is 10.0 Å². The van der Waals surface area contributed by atoms with Crippen LogP contribution in [0.1, 0.15) is 43.9 Å². The van der Waals surface area contributed by atoms with E-state index in [1.165, 1.54) is 5.56 Å². The van der Waals surface area contributed by atoms with Crippen molar-refractivity contribution in [3.8, 4) is 5.75 Å². The third kappa shape index (κ3) is 8.51. The summed E-state index contributed by atoms with van der Waals surface area (Å²) in [6.07, 6.45) is 2.05. The molecule has 7 heteroatoms. The van der Waals surface area contributed by atoms with Gasteiger partial charge in [0.25, 0.3) is 5.91 Å². The van der Waals surface area contributed by atoms with E-state index in [4.69, 9.17) is 27.9 Å². The predicted octanol–water partition coefficient (Wildman–Crippen LogP) is 6.49. The number of hydrogen-bond donors (Lipinski definition) is 1. The van der Waals surface area contributed by atoms with E-state index < -0.39 is 6.04 Å². The van der Waals surface area contributed by atoms with Gasteiger partial charge < -0.3 is 15.0 Å². The van der Waals surface area contributed by atoms with Gasteiger partial charge in [-0.05, 0) is 60.7 Å². The van der Waals surface area contributed by atoms with Gasteiger partial charge in [0.15, 0.2) is 6.61 Å². The molecule has 196 valence electrons. The molecule has 0 heterocycles. The van der Waals surface area contributed by atoms with Crippen LogP contribution in [-0.4, -0.2) is 35.4 Å². The highest BCUT2D eigenvalue weighted by atomic mass is 35.5. The zero-order valence-corrected chi connectivity index (χ0v) is 23.1. The van der Waals surface area contributed by atoms with Crippen molar-refractivity contribution in [2.24, 2.45) is 0 Å². The summed E-state index contributed by atoms with van der Waals surface area (Å²) in [7, 11) is 0. The molecule has 3 rings (SSSR count). The minimum atomic E-state index is -0.762. The van der Waals surface area contributed by atoms with Crippen molar-refractivity contribution < 1.29 is 14.3 Å². The first-order valence-corrected chi connectivity index (χ1v) is 13.4. The Morgan fingerprint density at radius 3 is 2.27 bits per heavy atom. The van der Waals surface area contributed by atoms with Gasteiger partial charge in [-0.2, -0.15) is 0 Å². The van der Waals surface area contributed by atoms with E-state index >= 15 is 0 Å². The van der Waals surface area contributed by atoms with Crippen LogP contribution in [0.3, 0.4) is 0 Å². The van der Waals surface area contributed by atoms with E-state index in [0.717, 1.165) is 18.4 Å². The molecule has 5 nitrogen and oxygen atoms in total. The second-order valence-electron chi connectivity index (χ2n) is 9.07. The molecule has 0 aliphatic rings. The molecule has 1 N–H and O–H groups in total. The van der Waals surface area contributed by atoms with Crippen molar-refractivity contribution in [3.63, 3.8) is 0 Å². The van der Waals surface area contributed by atoms with E-state index in [1.807, 2.05) is 68.4 Å². The molecular weight excluding hydrogens is 507 g/mol. The highest BCUT2D eigenvalue weighted by Crippen LogP contribution is 2.24. The Hall–Kier alpha value is -3.02. The summed E-state index contributed by atoms with van der Waals surface area (Å²) in [6, 6.07) is 21.7. The molecule has 3 aromatic carbocycles. The second-order valence-corrected chi connectivity index (χ2v) is 9.91. The molecule has 0 aliphatic carbocycles. The quantitative estimate of drug-likeness (QED) is 0.285. The summed E-state index contributed by atoms with van der Waals surface area (Å²) in [5.41, 5.74) is 2.83. The smallest absolute Gasteiger partial charge is 0.261 e. The SMILES string of the molecule is CCc1ccc(OCC(=O)N(Cc2ccc(Cl)cc2Cl)[C@H](Cc2ccccc2)C(=O)N[C@@H](C)CC)cc1. The van der Waals surface area contributed by atoms with Crippen LogP contribution in [0, 0.1) is 0 Å². The number of benzene rings is 3. The minimum absolute atomic E-state index is 0.0322. The number of aryl methyl sites for hydroxylation is 1. The van der Waals surface area contributed by atoms with Crippen molar-refractivity contribution in [2.75, 3.05) is 6.61 Å². The first-order chi connectivity index (χ1) is 17.8. The molecule has 0 fully saturated rings. The predicted molar refractivity (Wildman–Crippen MR) is 150 cm³/mol. The van der Waals surface area contributed by atoms with Crippen LogP contribution >= 0.6 is 23.2 Å². The molecule has 0 aromatic heterocycles. The van der Waals surface area contributed by atoms with Gasteiger partial charge in [-0.1, -0.05) is 85.6 Å². The summed E-state index contributed by atoms with van der Waals surface area (Å²) in [5.74, 6) is 0.0634. The van der Waals surface area contributed by atoms with Crippen LogP contribution in [0.4, 0.5) is 0 Å². The van der Waals surface area contributed by atoms with Crippen LogP contribution in [0.5, 0.6) is 5.75 Å². The van der Waals surface area contributed by atoms with Crippen LogP contribution in [0.25, 0.3) is 0 Å². The number of hydrogen-bond acceptors (Lipinski definition) is 3. The Kier molecular flexibility index (Phi) is 10.8. The first-order valence-electron chi connectivity index (χ1n) is 12.6. The average molecular weight is 542 g/mol. The van der Waals surface area contributed by atoms with Crippen LogP contribution in [0.15, 0.2) is 72.8 Å². The van der Waals surface area contributed by atoms with Crippen LogP contribution < -0.4 is 10.1 Å². The largest absolute Gasteiger partial charge is 0.484 e. The standard InChI is InChI=1S/C30H34Cl2N2O3/c1-4-21(3)33-30(36)28(17-23-9-7-6-8-10-23)34(19-24-13-14-25(31)18-27(24)32)29(35)20-37-26-15-11-22(5-2)12-16-26/h6-16,18,21,28H,4-5,17,19-20H2,1-3H3,(H,33,36)/t21-,28+/m0/s1. The maximum atomic E-state index is 13.7. The third-order valence-electron chi connectivity index (χ3n) is 6.32. The highest BCUT2D eigenvalue weighted by Gasteiger charge is 2.31. The van der Waals surface area contributed by atoms with Crippen molar-refractivity contribution in [3.05, 3.63) is 99.5 Å². The number of halogens is 2. The molecule has 2 amide bonds. The second kappa shape index (κ2) is 14.1. The lowest BCUT2D eigenvalue weighted by atomic mass is 10.0. The molecule has 0 saturated carbocycles. The molecule has 0 radical (unpaired) electrons. The topological polar surface area (TPSA) is 58.6 Å².